The number of ether oxygens (including phenoxy) is 5. The van der Waals surface area contributed by atoms with Gasteiger partial charge in [0.1, 0.15) is 24.4 Å². The molecule has 0 aromatic carbocycles. The molecule has 13 heteroatoms. The number of carbonyl (C=O) groups is 6. The van der Waals surface area contributed by atoms with Crippen molar-refractivity contribution in [2.75, 3.05) is 0 Å². The molecule has 0 rings (SSSR count). The number of carboxylic acids is 1. The molecule has 0 aromatic rings. The second-order valence-corrected chi connectivity index (χ2v) is 19.7. The lowest BCUT2D eigenvalue weighted by Crippen LogP contribution is -2.29. The molecule has 6 unspecified atom stereocenters. The lowest BCUT2D eigenvalue weighted by atomic mass is 10.1. The van der Waals surface area contributed by atoms with E-state index in [4.69, 9.17) is 28.8 Å². The maximum atomic E-state index is 13.0. The normalized spacial score (nSPS) is 14.2. The van der Waals surface area contributed by atoms with Gasteiger partial charge >= 0.3 is 35.8 Å². The molecule has 0 saturated heterocycles. The van der Waals surface area contributed by atoms with Crippen molar-refractivity contribution in [1.82, 2.24) is 0 Å². The van der Waals surface area contributed by atoms with Gasteiger partial charge in [0.15, 0.2) is 12.2 Å². The SMILES string of the molecule is CCCCCCC(C=CCCCCCCCC(=O)O)OC(=O)C(C)OC(=O)CCCCCCCC=CC(CCCCCC)OC(=O)C(C)OC(=O)CCCCCCCC=CC(CCCCC)OC(=O)C(C)O. The number of hydrogen-bond acceptors (Lipinski definition) is 12. The number of unbranched alkanes of at least 4 members (excludes halogenated alkanes) is 23. The minimum absolute atomic E-state index is 0.220. The van der Waals surface area contributed by atoms with Crippen LogP contribution in [0.25, 0.3) is 0 Å². The van der Waals surface area contributed by atoms with Crippen molar-refractivity contribution in [1.29, 1.82) is 0 Å². The first-order valence-electron chi connectivity index (χ1n) is 28.6. The summed E-state index contributed by atoms with van der Waals surface area (Å²) in [7, 11) is 0. The van der Waals surface area contributed by atoms with E-state index in [2.05, 4.69) is 32.9 Å². The summed E-state index contributed by atoms with van der Waals surface area (Å²) in [5.74, 6) is -3.23. The van der Waals surface area contributed by atoms with Gasteiger partial charge in [0.2, 0.25) is 0 Å². The first-order valence-corrected chi connectivity index (χ1v) is 28.6. The third-order valence-corrected chi connectivity index (χ3v) is 12.5. The highest BCUT2D eigenvalue weighted by Crippen LogP contribution is 2.18. The van der Waals surface area contributed by atoms with Gasteiger partial charge in [0.05, 0.1) is 0 Å². The second kappa shape index (κ2) is 48.0. The summed E-state index contributed by atoms with van der Waals surface area (Å²) in [5.41, 5.74) is 0. The van der Waals surface area contributed by atoms with E-state index >= 15 is 0 Å². The second-order valence-electron chi connectivity index (χ2n) is 19.7. The zero-order valence-corrected chi connectivity index (χ0v) is 46.1. The average Bonchev–Trinajstić information content (AvgIpc) is 3.34. The molecule has 0 aromatic heterocycles. The molecule has 0 radical (unpaired) electrons. The van der Waals surface area contributed by atoms with E-state index in [-0.39, 0.29) is 37.6 Å². The van der Waals surface area contributed by atoms with Crippen LogP contribution in [0.5, 0.6) is 0 Å². The van der Waals surface area contributed by atoms with Crippen LogP contribution in [0.3, 0.4) is 0 Å². The highest BCUT2D eigenvalue weighted by molar-refractivity contribution is 5.80. The Morgan fingerprint density at radius 3 is 1.01 bits per heavy atom. The van der Waals surface area contributed by atoms with Crippen LogP contribution < -0.4 is 0 Å². The molecule has 72 heavy (non-hydrogen) atoms. The number of hydrogen-bond donors (Lipinski definition) is 2. The fraction of sp³-hybridized carbons (Fsp3) is 0.797. The lowest BCUT2D eigenvalue weighted by molar-refractivity contribution is -0.169. The summed E-state index contributed by atoms with van der Waals surface area (Å²) < 4.78 is 27.9. The van der Waals surface area contributed by atoms with E-state index in [0.29, 0.717) is 25.7 Å². The minimum atomic E-state index is -1.14. The zero-order valence-electron chi connectivity index (χ0n) is 46.1. The molecular formula is C59H102O13. The summed E-state index contributed by atoms with van der Waals surface area (Å²) in [4.78, 5) is 73.6. The Hall–Kier alpha value is -4.00. The third kappa shape index (κ3) is 42.5. The Kier molecular flexibility index (Phi) is 45.3. The number of carboxylic acid groups (broad SMARTS) is 1. The summed E-state index contributed by atoms with van der Waals surface area (Å²) in [6, 6.07) is 0. The van der Waals surface area contributed by atoms with Gasteiger partial charge in [0.25, 0.3) is 0 Å². The topological polar surface area (TPSA) is 189 Å². The van der Waals surface area contributed by atoms with Gasteiger partial charge in [-0.3, -0.25) is 14.4 Å². The summed E-state index contributed by atoms with van der Waals surface area (Å²) in [6.45, 7) is 11.0. The van der Waals surface area contributed by atoms with Crippen molar-refractivity contribution in [2.24, 2.45) is 0 Å². The summed E-state index contributed by atoms with van der Waals surface area (Å²) in [5, 5.41) is 18.3. The maximum Gasteiger partial charge on any atom is 0.347 e. The van der Waals surface area contributed by atoms with Crippen molar-refractivity contribution < 1.29 is 62.7 Å². The van der Waals surface area contributed by atoms with E-state index in [9.17, 15) is 33.9 Å². The number of esters is 5. The first kappa shape index (κ1) is 68.0. The van der Waals surface area contributed by atoms with Crippen LogP contribution in [0.1, 0.15) is 266 Å². The van der Waals surface area contributed by atoms with Crippen LogP contribution in [0.2, 0.25) is 0 Å². The highest BCUT2D eigenvalue weighted by atomic mass is 16.6. The maximum absolute atomic E-state index is 13.0. The van der Waals surface area contributed by atoms with Crippen molar-refractivity contribution in [3.8, 4) is 0 Å². The van der Waals surface area contributed by atoms with Crippen LogP contribution in [0, 0.1) is 0 Å². The van der Waals surface area contributed by atoms with Gasteiger partial charge < -0.3 is 33.9 Å². The highest BCUT2D eigenvalue weighted by Gasteiger charge is 2.24. The van der Waals surface area contributed by atoms with Gasteiger partial charge in [-0.2, -0.15) is 0 Å². The molecule has 0 spiro atoms. The zero-order chi connectivity index (χ0) is 53.5. The summed E-state index contributed by atoms with van der Waals surface area (Å²) >= 11 is 0. The predicted molar refractivity (Wildman–Crippen MR) is 286 cm³/mol. The number of aliphatic hydroxyl groups is 1. The number of rotatable bonds is 49. The van der Waals surface area contributed by atoms with Crippen LogP contribution in [-0.2, 0) is 52.5 Å². The molecule has 0 aliphatic heterocycles. The fourth-order valence-corrected chi connectivity index (χ4v) is 8.01. The van der Waals surface area contributed by atoms with Gasteiger partial charge in [-0.1, -0.05) is 148 Å². The molecule has 13 nitrogen and oxygen atoms in total. The minimum Gasteiger partial charge on any atom is -0.481 e. The van der Waals surface area contributed by atoms with Crippen LogP contribution in [0.15, 0.2) is 36.5 Å². The third-order valence-electron chi connectivity index (χ3n) is 12.5. The predicted octanol–water partition coefficient (Wildman–Crippen LogP) is 14.4. The standard InChI is InChI=1S/C59H102O13/c1-7-10-13-31-40-52(43-34-25-18-15-21-27-36-45-54(61)62)71-58(66)49(5)68-56(64)47-38-29-23-17-20-26-35-44-53(41-32-14-11-8-2)72-59(67)50(6)69-55(63)46-37-28-22-16-19-24-33-42-51(39-30-12-9-3)70-57(65)48(4)60/h33-35,42-44,48-53,60H,7-32,36-41,45-47H2,1-6H3,(H,61,62). The molecule has 0 heterocycles. The molecule has 0 amide bonds. The fourth-order valence-electron chi connectivity index (χ4n) is 8.01. The van der Waals surface area contributed by atoms with Crippen LogP contribution in [0.4, 0.5) is 0 Å². The largest absolute Gasteiger partial charge is 0.481 e. The van der Waals surface area contributed by atoms with Crippen molar-refractivity contribution in [2.45, 2.75) is 303 Å². The first-order chi connectivity index (χ1) is 34.7. The van der Waals surface area contributed by atoms with Gasteiger partial charge in [-0.05, 0) is 135 Å². The average molecular weight is 1020 g/mol. The van der Waals surface area contributed by atoms with Crippen molar-refractivity contribution >= 4 is 35.8 Å². The Bertz CT molecular complexity index is 1490. The van der Waals surface area contributed by atoms with E-state index in [1.165, 1.54) is 6.92 Å². The number of aliphatic carboxylic acids is 1. The van der Waals surface area contributed by atoms with E-state index in [0.717, 1.165) is 180 Å². The molecule has 6 atom stereocenters. The molecular weight excluding hydrogens is 917 g/mol. The molecule has 0 bridgehead atoms. The Balaban J connectivity index is 4.58. The monoisotopic (exact) mass is 1020 g/mol. The number of allylic oxidation sites excluding steroid dienone is 3. The van der Waals surface area contributed by atoms with Crippen LogP contribution >= 0.6 is 0 Å². The smallest absolute Gasteiger partial charge is 0.347 e. The summed E-state index contributed by atoms with van der Waals surface area (Å²) in [6.07, 6.45) is 38.4. The molecule has 0 saturated carbocycles. The number of aliphatic hydroxyl groups excluding tert-OH is 1. The van der Waals surface area contributed by atoms with E-state index in [1.54, 1.807) is 13.8 Å². The van der Waals surface area contributed by atoms with E-state index in [1.807, 2.05) is 24.3 Å². The van der Waals surface area contributed by atoms with Crippen molar-refractivity contribution in [3.63, 3.8) is 0 Å². The van der Waals surface area contributed by atoms with Gasteiger partial charge in [-0.25, -0.2) is 14.4 Å². The molecule has 0 fully saturated rings. The molecule has 416 valence electrons. The van der Waals surface area contributed by atoms with Gasteiger partial charge in [0, 0.05) is 19.3 Å². The Morgan fingerprint density at radius 1 is 0.375 bits per heavy atom. The molecule has 0 aliphatic rings. The lowest BCUT2D eigenvalue weighted by Gasteiger charge is -2.18. The van der Waals surface area contributed by atoms with Crippen LogP contribution in [-0.4, -0.2) is 82.7 Å². The Morgan fingerprint density at radius 2 is 0.667 bits per heavy atom. The number of carbonyl (C=O) groups excluding carboxylic acids is 5. The molecule has 2 N–H and O–H groups in total. The van der Waals surface area contributed by atoms with Crippen molar-refractivity contribution in [3.05, 3.63) is 36.5 Å². The molecule has 0 aliphatic carbocycles. The van der Waals surface area contributed by atoms with Gasteiger partial charge in [-0.15, -0.1) is 0 Å². The van der Waals surface area contributed by atoms with E-state index < -0.39 is 54.1 Å². The quantitative estimate of drug-likeness (QED) is 0.0254. The Labute approximate surface area is 436 Å².